The molecule has 0 radical (unpaired) electrons. The maximum atomic E-state index is 13.3. The number of hydrogen-bond acceptors (Lipinski definition) is 12. The molecule has 65 heavy (non-hydrogen) atoms. The number of nitrogens with zero attached hydrogens (tertiary/aromatic N) is 4. The Hall–Kier alpha value is -1.37. The highest BCUT2D eigenvalue weighted by atomic mass is 31.3. The molecule has 388 valence electrons. The van der Waals surface area contributed by atoms with Crippen molar-refractivity contribution in [1.82, 2.24) is 24.3 Å². The van der Waals surface area contributed by atoms with Crippen LogP contribution in [0.3, 0.4) is 0 Å². The summed E-state index contributed by atoms with van der Waals surface area (Å²) >= 11 is 0. The van der Waals surface area contributed by atoms with E-state index < -0.39 is 63.9 Å². The first-order chi connectivity index (χ1) is 30.8. The maximum absolute atomic E-state index is 13.3. The summed E-state index contributed by atoms with van der Waals surface area (Å²) in [5.74, 6) is -1.38. The lowest BCUT2D eigenvalue weighted by Gasteiger charge is -2.21. The van der Waals surface area contributed by atoms with Crippen LogP contribution in [0.25, 0.3) is 0 Å². The van der Waals surface area contributed by atoms with Gasteiger partial charge in [-0.05, 0) is 117 Å². The van der Waals surface area contributed by atoms with Crippen LogP contribution in [-0.4, -0.2) is 133 Å². The molecule has 20 heteroatoms. The molecule has 0 saturated carbocycles. The van der Waals surface area contributed by atoms with Crippen molar-refractivity contribution in [2.45, 2.75) is 202 Å². The number of H-pyrrole nitrogens is 1. The number of nitrogens with one attached hydrogen (secondary N) is 1. The summed E-state index contributed by atoms with van der Waals surface area (Å²) in [6.07, 6.45) is 17.8. The molecule has 1 aliphatic rings. The smallest absolute Gasteiger partial charge is 0.387 e. The Bertz CT molecular complexity index is 1380. The highest BCUT2D eigenvalue weighted by Crippen LogP contribution is 2.57. The van der Waals surface area contributed by atoms with E-state index in [1.807, 2.05) is 0 Å². The van der Waals surface area contributed by atoms with Crippen molar-refractivity contribution in [1.29, 1.82) is 0 Å². The van der Waals surface area contributed by atoms with Gasteiger partial charge in [0.05, 0.1) is 12.8 Å². The van der Waals surface area contributed by atoms with E-state index in [1.165, 1.54) is 174 Å². The lowest BCUT2D eigenvalue weighted by atomic mass is 10.1. The molecule has 1 saturated heterocycles. The van der Waals surface area contributed by atoms with Crippen LogP contribution < -0.4 is 11.2 Å². The minimum absolute atomic E-state index is 0.416. The molecule has 6 N–H and O–H groups in total. The second-order valence-corrected chi connectivity index (χ2v) is 19.6. The number of unbranched alkanes of at least 4 members (excludes halogenated alkanes) is 9. The topological polar surface area (TPSA) is 228 Å². The molecule has 0 bridgehead atoms. The van der Waals surface area contributed by atoms with Gasteiger partial charge in [0.1, 0.15) is 18.3 Å². The molecule has 2 rings (SSSR count). The molecule has 0 aromatic carbocycles. The van der Waals surface area contributed by atoms with E-state index in [1.54, 1.807) is 4.98 Å². The van der Waals surface area contributed by atoms with Crippen molar-refractivity contribution in [2.24, 2.45) is 0 Å². The minimum atomic E-state index is -5.36. The Balaban J connectivity index is 0. The third-order valence-corrected chi connectivity index (χ3v) is 12.7. The molecule has 17 nitrogen and oxygen atoms in total. The molecular weight excluding hydrogens is 883 g/mol. The molecular formula is C45H94FN5O12P2. The molecule has 0 amide bonds. The number of phosphoric acid groups is 2. The van der Waals surface area contributed by atoms with Crippen LogP contribution in [0.2, 0.25) is 0 Å². The first-order valence-electron chi connectivity index (χ1n) is 24.8. The van der Waals surface area contributed by atoms with Gasteiger partial charge in [-0.25, -0.2) is 13.9 Å². The molecule has 0 aliphatic carbocycles. The summed E-state index contributed by atoms with van der Waals surface area (Å²) in [6, 6.07) is 0. The predicted molar refractivity (Wildman–Crippen MR) is 260 cm³/mol. The van der Waals surface area contributed by atoms with Crippen LogP contribution in [0.1, 0.15) is 184 Å². The minimum Gasteiger partial charge on any atom is -0.387 e. The van der Waals surface area contributed by atoms with Gasteiger partial charge in [-0.15, -0.1) is 0 Å². The van der Waals surface area contributed by atoms with E-state index in [-0.39, 0.29) is 0 Å². The molecule has 1 aromatic heterocycles. The highest BCUT2D eigenvalue weighted by Gasteiger charge is 2.46. The maximum Gasteiger partial charge on any atom is 0.481 e. The van der Waals surface area contributed by atoms with E-state index in [2.05, 4.69) is 85.8 Å². The van der Waals surface area contributed by atoms with Gasteiger partial charge in [-0.1, -0.05) is 120 Å². The lowest BCUT2D eigenvalue weighted by molar-refractivity contribution is -0.0546. The first kappa shape index (κ1) is 65.7. The largest absolute Gasteiger partial charge is 0.481 e. The average molecular weight is 978 g/mol. The standard InChI is InChI=1S/3C12H27N.C9H13FN2O12P2/c3*1-4-7-10-13(11-8-5-2)12-9-6-3;10-3-1-12(9(16)11-7(3)15)8-6(14)5(13)4(23-8)2-22-26(20,21)24-25(17,18)19/h3*4-12H2,1-3H3;1,4-6,8,13-14H,2H2,(H,20,21)(H,11,15,16)(H2,17,18,19)/t;;;4-,5-,6-,8-/m...1/s1. The molecule has 1 fully saturated rings. The van der Waals surface area contributed by atoms with Crippen LogP contribution in [0.5, 0.6) is 0 Å². The van der Waals surface area contributed by atoms with Gasteiger partial charge in [-0.3, -0.25) is 18.9 Å². The number of aromatic amines is 1. The van der Waals surface area contributed by atoms with Gasteiger partial charge < -0.3 is 44.3 Å². The van der Waals surface area contributed by atoms with Crippen molar-refractivity contribution in [3.05, 3.63) is 32.9 Å². The van der Waals surface area contributed by atoms with E-state index in [9.17, 15) is 33.3 Å². The predicted octanol–water partition coefficient (Wildman–Crippen LogP) is 8.59. The molecule has 1 aromatic rings. The fraction of sp³-hybridized carbons (Fsp3) is 0.911. The number of phosphoric ester groups is 1. The molecule has 0 spiro atoms. The summed E-state index contributed by atoms with van der Waals surface area (Å²) in [6.45, 7) is 31.3. The van der Waals surface area contributed by atoms with Gasteiger partial charge in [-0.2, -0.15) is 8.70 Å². The zero-order valence-electron chi connectivity index (χ0n) is 41.8. The highest BCUT2D eigenvalue weighted by molar-refractivity contribution is 7.60. The zero-order chi connectivity index (χ0) is 49.7. The zero-order valence-corrected chi connectivity index (χ0v) is 43.6. The Labute approximate surface area is 391 Å². The number of aliphatic hydroxyl groups is 2. The summed E-state index contributed by atoms with van der Waals surface area (Å²) < 4.78 is 48.4. The quantitative estimate of drug-likeness (QED) is 0.0363. The molecule has 1 unspecified atom stereocenters. The van der Waals surface area contributed by atoms with Crippen molar-refractivity contribution in [3.8, 4) is 0 Å². The number of ether oxygens (including phenoxy) is 1. The normalized spacial score (nSPS) is 18.2. The van der Waals surface area contributed by atoms with E-state index in [0.717, 1.165) is 0 Å². The fourth-order valence-electron chi connectivity index (χ4n) is 6.51. The molecule has 5 atom stereocenters. The van der Waals surface area contributed by atoms with Crippen LogP contribution in [0.4, 0.5) is 4.39 Å². The third kappa shape index (κ3) is 33.7. The molecule has 1 aliphatic heterocycles. The van der Waals surface area contributed by atoms with Crippen LogP contribution in [0, 0.1) is 5.82 Å². The first-order valence-corrected chi connectivity index (χ1v) is 27.8. The van der Waals surface area contributed by atoms with Crippen LogP contribution in [-0.2, 0) is 22.7 Å². The Morgan fingerprint density at radius 3 is 1.18 bits per heavy atom. The van der Waals surface area contributed by atoms with Gasteiger partial charge in [0.2, 0.25) is 5.82 Å². The fourth-order valence-corrected chi connectivity index (χ4v) is 8.11. The monoisotopic (exact) mass is 978 g/mol. The van der Waals surface area contributed by atoms with Gasteiger partial charge in [0, 0.05) is 0 Å². The SMILES string of the molecule is CCCCN(CCCC)CCCC.CCCCN(CCCC)CCCC.CCCCN(CCCC)CCCC.O=c1[nH]c(=O)n([C@@H]2O[C@H](COP(=O)(O)OP(=O)(O)O)[C@@H](O)[C@H]2O)cc1F. The van der Waals surface area contributed by atoms with Gasteiger partial charge >= 0.3 is 21.3 Å². The lowest BCUT2D eigenvalue weighted by Crippen LogP contribution is -2.38. The summed E-state index contributed by atoms with van der Waals surface area (Å²) in [5, 5.41) is 19.7. The average Bonchev–Trinajstić information content (AvgIpc) is 3.54. The Morgan fingerprint density at radius 1 is 0.600 bits per heavy atom. The van der Waals surface area contributed by atoms with Crippen molar-refractivity contribution in [2.75, 3.05) is 65.5 Å². The number of rotatable bonds is 33. The number of aromatic nitrogens is 2. The Kier molecular flexibility index (Phi) is 41.0. The van der Waals surface area contributed by atoms with Gasteiger partial charge in [0.15, 0.2) is 6.23 Å². The third-order valence-electron chi connectivity index (χ3n) is 10.6. The van der Waals surface area contributed by atoms with Crippen LogP contribution >= 0.6 is 15.6 Å². The summed E-state index contributed by atoms with van der Waals surface area (Å²) in [4.78, 5) is 58.2. The Morgan fingerprint density at radius 2 is 0.908 bits per heavy atom. The number of halogens is 1. The second kappa shape index (κ2) is 40.5. The summed E-state index contributed by atoms with van der Waals surface area (Å²) in [7, 11) is -10.6. The van der Waals surface area contributed by atoms with Crippen LogP contribution in [0.15, 0.2) is 15.8 Å². The van der Waals surface area contributed by atoms with Crippen molar-refractivity contribution >= 4 is 15.6 Å². The van der Waals surface area contributed by atoms with Gasteiger partial charge in [0.25, 0.3) is 5.56 Å². The van der Waals surface area contributed by atoms with E-state index in [0.29, 0.717) is 10.8 Å². The molecule has 2 heterocycles. The summed E-state index contributed by atoms with van der Waals surface area (Å²) in [5.41, 5.74) is -2.50. The number of hydrogen-bond donors (Lipinski definition) is 6. The second-order valence-electron chi connectivity index (χ2n) is 16.7. The number of aliphatic hydroxyl groups excluding tert-OH is 2. The van der Waals surface area contributed by atoms with Crippen molar-refractivity contribution in [3.63, 3.8) is 0 Å². The van der Waals surface area contributed by atoms with E-state index >= 15 is 0 Å². The van der Waals surface area contributed by atoms with E-state index in [4.69, 9.17) is 19.4 Å². The van der Waals surface area contributed by atoms with Crippen molar-refractivity contribution < 1.29 is 52.0 Å².